The number of halogens is 1. The predicted octanol–water partition coefficient (Wildman–Crippen LogP) is 2.93. The standard InChI is InChI=1S/C17H19ClN4O2/c1-3-10-22(17(24)15-8-9-19-21-12(15)2)11-16(23)20-14-6-4-13(18)5-7-14/h4-9H,3,10-11H2,1-2H3,(H,20,23). The van der Waals surface area contributed by atoms with E-state index in [-0.39, 0.29) is 18.4 Å². The molecule has 0 saturated carbocycles. The molecule has 6 nitrogen and oxygen atoms in total. The first-order valence-electron chi connectivity index (χ1n) is 7.64. The zero-order valence-corrected chi connectivity index (χ0v) is 14.4. The van der Waals surface area contributed by atoms with Crippen LogP contribution in [0.3, 0.4) is 0 Å². The lowest BCUT2D eigenvalue weighted by Gasteiger charge is -2.22. The maximum Gasteiger partial charge on any atom is 0.256 e. The molecule has 1 N–H and O–H groups in total. The summed E-state index contributed by atoms with van der Waals surface area (Å²) in [5.74, 6) is -0.491. The third-order valence-corrected chi connectivity index (χ3v) is 3.63. The molecular formula is C17H19ClN4O2. The molecule has 0 unspecified atom stereocenters. The minimum absolute atomic E-state index is 0.0307. The molecule has 0 aliphatic rings. The number of hydrogen-bond acceptors (Lipinski definition) is 4. The maximum absolute atomic E-state index is 12.6. The third kappa shape index (κ3) is 4.76. The van der Waals surface area contributed by atoms with Crippen LogP contribution in [0.25, 0.3) is 0 Å². The number of anilines is 1. The van der Waals surface area contributed by atoms with Crippen molar-refractivity contribution < 1.29 is 9.59 Å². The van der Waals surface area contributed by atoms with Crippen molar-refractivity contribution in [3.8, 4) is 0 Å². The predicted molar refractivity (Wildman–Crippen MR) is 93.0 cm³/mol. The van der Waals surface area contributed by atoms with Crippen LogP contribution in [-0.2, 0) is 4.79 Å². The van der Waals surface area contributed by atoms with Crippen LogP contribution in [-0.4, -0.2) is 40.0 Å². The van der Waals surface area contributed by atoms with Crippen molar-refractivity contribution in [1.29, 1.82) is 0 Å². The normalized spacial score (nSPS) is 10.3. The van der Waals surface area contributed by atoms with Crippen molar-refractivity contribution in [2.24, 2.45) is 0 Å². The number of carbonyl (C=O) groups excluding carboxylic acids is 2. The van der Waals surface area contributed by atoms with Gasteiger partial charge in [-0.05, 0) is 43.7 Å². The molecule has 0 saturated heterocycles. The molecule has 7 heteroatoms. The summed E-state index contributed by atoms with van der Waals surface area (Å²) < 4.78 is 0. The summed E-state index contributed by atoms with van der Waals surface area (Å²) in [6, 6.07) is 8.42. The second-order valence-electron chi connectivity index (χ2n) is 5.31. The van der Waals surface area contributed by atoms with Gasteiger partial charge in [-0.15, -0.1) is 0 Å². The summed E-state index contributed by atoms with van der Waals surface area (Å²) in [4.78, 5) is 26.4. The number of amides is 2. The van der Waals surface area contributed by atoms with Gasteiger partial charge in [-0.25, -0.2) is 0 Å². The van der Waals surface area contributed by atoms with E-state index < -0.39 is 0 Å². The van der Waals surface area contributed by atoms with E-state index in [1.807, 2.05) is 6.92 Å². The smallest absolute Gasteiger partial charge is 0.256 e. The number of benzene rings is 1. The number of aromatic nitrogens is 2. The summed E-state index contributed by atoms with van der Waals surface area (Å²) in [7, 11) is 0. The Morgan fingerprint density at radius 2 is 1.92 bits per heavy atom. The van der Waals surface area contributed by atoms with Crippen LogP contribution >= 0.6 is 11.6 Å². The van der Waals surface area contributed by atoms with Crippen LogP contribution in [0.5, 0.6) is 0 Å². The Hall–Kier alpha value is -2.47. The first kappa shape index (κ1) is 17.9. The topological polar surface area (TPSA) is 75.2 Å². The molecule has 0 radical (unpaired) electrons. The maximum atomic E-state index is 12.6. The van der Waals surface area contributed by atoms with Gasteiger partial charge in [-0.2, -0.15) is 10.2 Å². The van der Waals surface area contributed by atoms with Crippen LogP contribution in [0.1, 0.15) is 29.4 Å². The van der Waals surface area contributed by atoms with Gasteiger partial charge in [-0.3, -0.25) is 9.59 Å². The fourth-order valence-corrected chi connectivity index (χ4v) is 2.35. The van der Waals surface area contributed by atoms with Crippen molar-refractivity contribution >= 4 is 29.1 Å². The van der Waals surface area contributed by atoms with E-state index >= 15 is 0 Å². The molecule has 0 aliphatic heterocycles. The second-order valence-corrected chi connectivity index (χ2v) is 5.75. The highest BCUT2D eigenvalue weighted by molar-refractivity contribution is 6.30. The Morgan fingerprint density at radius 1 is 1.21 bits per heavy atom. The minimum Gasteiger partial charge on any atom is -0.329 e. The lowest BCUT2D eigenvalue weighted by Crippen LogP contribution is -2.39. The fraction of sp³-hybridized carbons (Fsp3) is 0.294. The quantitative estimate of drug-likeness (QED) is 0.872. The van der Waals surface area contributed by atoms with Crippen molar-refractivity contribution in [3.05, 3.63) is 52.8 Å². The molecule has 0 bridgehead atoms. The van der Waals surface area contributed by atoms with Gasteiger partial charge >= 0.3 is 0 Å². The SMILES string of the molecule is CCCN(CC(=O)Nc1ccc(Cl)cc1)C(=O)c1ccnnc1C. The van der Waals surface area contributed by atoms with Gasteiger partial charge in [0.25, 0.3) is 5.91 Å². The summed E-state index contributed by atoms with van der Waals surface area (Å²) in [5.41, 5.74) is 1.63. The number of hydrogen-bond donors (Lipinski definition) is 1. The van der Waals surface area contributed by atoms with E-state index in [1.165, 1.54) is 11.1 Å². The largest absolute Gasteiger partial charge is 0.329 e. The fourth-order valence-electron chi connectivity index (χ4n) is 2.23. The van der Waals surface area contributed by atoms with E-state index in [0.717, 1.165) is 6.42 Å². The lowest BCUT2D eigenvalue weighted by molar-refractivity contribution is -0.116. The Balaban J connectivity index is 2.07. The summed E-state index contributed by atoms with van der Waals surface area (Å²) >= 11 is 5.82. The first-order valence-corrected chi connectivity index (χ1v) is 8.02. The van der Waals surface area contributed by atoms with Gasteiger partial charge in [-0.1, -0.05) is 18.5 Å². The van der Waals surface area contributed by atoms with Crippen LogP contribution in [0.2, 0.25) is 5.02 Å². The first-order chi connectivity index (χ1) is 11.5. The lowest BCUT2D eigenvalue weighted by atomic mass is 10.2. The van der Waals surface area contributed by atoms with Crippen LogP contribution in [0, 0.1) is 6.92 Å². The highest BCUT2D eigenvalue weighted by Crippen LogP contribution is 2.14. The van der Waals surface area contributed by atoms with E-state index in [2.05, 4.69) is 15.5 Å². The summed E-state index contributed by atoms with van der Waals surface area (Å²) in [6.45, 7) is 4.12. The zero-order chi connectivity index (χ0) is 17.5. The van der Waals surface area contributed by atoms with Crippen LogP contribution in [0.4, 0.5) is 5.69 Å². The van der Waals surface area contributed by atoms with Gasteiger partial charge in [0.1, 0.15) is 6.54 Å². The van der Waals surface area contributed by atoms with E-state index in [1.54, 1.807) is 37.3 Å². The van der Waals surface area contributed by atoms with Gasteiger partial charge < -0.3 is 10.2 Å². The van der Waals surface area contributed by atoms with Crippen LogP contribution < -0.4 is 5.32 Å². The minimum atomic E-state index is -0.265. The number of nitrogens with zero attached hydrogens (tertiary/aromatic N) is 3. The molecule has 24 heavy (non-hydrogen) atoms. The van der Waals surface area contributed by atoms with Gasteiger partial charge in [0.2, 0.25) is 5.91 Å². The highest BCUT2D eigenvalue weighted by Gasteiger charge is 2.20. The molecule has 126 valence electrons. The second kappa shape index (κ2) is 8.40. The van der Waals surface area contributed by atoms with E-state index in [4.69, 9.17) is 11.6 Å². The number of rotatable bonds is 6. The molecular weight excluding hydrogens is 328 g/mol. The molecule has 1 aromatic heterocycles. The van der Waals surface area contributed by atoms with Crippen molar-refractivity contribution in [2.75, 3.05) is 18.4 Å². The number of carbonyl (C=O) groups is 2. The Labute approximate surface area is 145 Å². The molecule has 1 heterocycles. The van der Waals surface area contributed by atoms with Crippen molar-refractivity contribution in [3.63, 3.8) is 0 Å². The molecule has 2 rings (SSSR count). The molecule has 0 atom stereocenters. The van der Waals surface area contributed by atoms with Crippen LogP contribution in [0.15, 0.2) is 36.5 Å². The molecule has 0 spiro atoms. The van der Waals surface area contributed by atoms with Gasteiger partial charge in [0.05, 0.1) is 17.5 Å². The highest BCUT2D eigenvalue weighted by atomic mass is 35.5. The average molecular weight is 347 g/mol. The van der Waals surface area contributed by atoms with Crippen molar-refractivity contribution in [1.82, 2.24) is 15.1 Å². The molecule has 2 amide bonds. The Bertz CT molecular complexity index is 719. The van der Waals surface area contributed by atoms with Crippen molar-refractivity contribution in [2.45, 2.75) is 20.3 Å². The Morgan fingerprint density at radius 3 is 2.54 bits per heavy atom. The molecule has 1 aromatic carbocycles. The zero-order valence-electron chi connectivity index (χ0n) is 13.6. The summed E-state index contributed by atoms with van der Waals surface area (Å²) in [6.07, 6.45) is 2.22. The average Bonchev–Trinajstić information content (AvgIpc) is 2.56. The van der Waals surface area contributed by atoms with Gasteiger partial charge in [0.15, 0.2) is 0 Å². The summed E-state index contributed by atoms with van der Waals surface area (Å²) in [5, 5.41) is 11.0. The Kier molecular flexibility index (Phi) is 6.26. The number of aryl methyl sites for hydroxylation is 1. The molecule has 2 aromatic rings. The van der Waals surface area contributed by atoms with E-state index in [9.17, 15) is 9.59 Å². The van der Waals surface area contributed by atoms with E-state index in [0.29, 0.717) is 28.5 Å². The number of nitrogens with one attached hydrogen (secondary N) is 1. The third-order valence-electron chi connectivity index (χ3n) is 3.38. The molecule has 0 fully saturated rings. The molecule has 0 aliphatic carbocycles. The van der Waals surface area contributed by atoms with Gasteiger partial charge in [0, 0.05) is 17.3 Å². The monoisotopic (exact) mass is 346 g/mol.